The van der Waals surface area contributed by atoms with Crippen LogP contribution < -0.4 is 21.9 Å². The van der Waals surface area contributed by atoms with E-state index in [9.17, 15) is 14.4 Å². The monoisotopic (exact) mass is 534 g/mol. The zero-order chi connectivity index (χ0) is 28.4. The molecule has 11 heteroatoms. The Morgan fingerprint density at radius 3 is 2.58 bits per heavy atom. The van der Waals surface area contributed by atoms with Crippen LogP contribution in [0, 0.1) is 18.8 Å². The highest BCUT2D eigenvalue weighted by molar-refractivity contribution is 5.98. The summed E-state index contributed by atoms with van der Waals surface area (Å²) in [6.07, 6.45) is 0. The first kappa shape index (κ1) is 26.1. The van der Waals surface area contributed by atoms with Gasteiger partial charge in [-0.3, -0.25) is 19.0 Å². The molecule has 0 aliphatic carbocycles. The van der Waals surface area contributed by atoms with E-state index in [0.717, 1.165) is 0 Å². The van der Waals surface area contributed by atoms with E-state index in [0.29, 0.717) is 39.3 Å². The van der Waals surface area contributed by atoms with E-state index in [1.54, 1.807) is 56.3 Å². The lowest BCUT2D eigenvalue weighted by Gasteiger charge is -2.20. The van der Waals surface area contributed by atoms with Gasteiger partial charge in [0.05, 0.1) is 34.9 Å². The van der Waals surface area contributed by atoms with Gasteiger partial charge in [-0.05, 0) is 50.2 Å². The topological polar surface area (TPSA) is 149 Å². The molecule has 2 aromatic carbocycles. The lowest BCUT2D eigenvalue weighted by atomic mass is 10.1. The molecule has 5 rings (SSSR count). The van der Waals surface area contributed by atoms with Crippen LogP contribution >= 0.6 is 0 Å². The van der Waals surface area contributed by atoms with Crippen molar-refractivity contribution in [2.45, 2.75) is 26.8 Å². The molecule has 0 aliphatic rings. The van der Waals surface area contributed by atoms with Crippen molar-refractivity contribution in [2.24, 2.45) is 0 Å². The number of aryl methyl sites for hydroxylation is 1. The molecule has 0 saturated heterocycles. The highest BCUT2D eigenvalue weighted by Crippen LogP contribution is 2.21. The summed E-state index contributed by atoms with van der Waals surface area (Å²) in [6.45, 7) is 5.09. The number of rotatable bonds is 5. The molecule has 3 aromatic heterocycles. The number of nitrogen functional groups attached to an aromatic ring is 1. The second-order valence-corrected chi connectivity index (χ2v) is 9.14. The van der Waals surface area contributed by atoms with E-state index in [1.807, 2.05) is 18.2 Å². The molecule has 0 unspecified atom stereocenters. The van der Waals surface area contributed by atoms with Gasteiger partial charge in [-0.15, -0.1) is 0 Å². The summed E-state index contributed by atoms with van der Waals surface area (Å²) in [6, 6.07) is 17.0. The summed E-state index contributed by atoms with van der Waals surface area (Å²) in [5.74, 6) is 5.49. The van der Waals surface area contributed by atoms with Crippen molar-refractivity contribution in [2.75, 3.05) is 12.3 Å². The van der Waals surface area contributed by atoms with Crippen molar-refractivity contribution >= 4 is 34.2 Å². The molecule has 200 valence electrons. The van der Waals surface area contributed by atoms with Crippen LogP contribution in [0.15, 0.2) is 65.5 Å². The third-order valence-corrected chi connectivity index (χ3v) is 6.17. The Hall–Kier alpha value is -5.50. The number of imidazole rings is 1. The Labute approximate surface area is 229 Å². The molecule has 4 N–H and O–H groups in total. The number of anilines is 1. The predicted octanol–water partition coefficient (Wildman–Crippen LogP) is 2.30. The second-order valence-electron chi connectivity index (χ2n) is 9.14. The molecule has 0 aliphatic heterocycles. The van der Waals surface area contributed by atoms with Gasteiger partial charge in [0, 0.05) is 12.5 Å². The molecule has 3 heterocycles. The van der Waals surface area contributed by atoms with Crippen molar-refractivity contribution in [1.29, 1.82) is 0 Å². The predicted molar refractivity (Wildman–Crippen MR) is 151 cm³/mol. The van der Waals surface area contributed by atoms with Crippen molar-refractivity contribution < 1.29 is 9.59 Å². The van der Waals surface area contributed by atoms with Gasteiger partial charge >= 0.3 is 0 Å². The second kappa shape index (κ2) is 10.7. The molecule has 0 radical (unpaired) electrons. The number of carbonyl (C=O) groups excluding carboxylic acids is 2. The van der Waals surface area contributed by atoms with E-state index >= 15 is 0 Å². The summed E-state index contributed by atoms with van der Waals surface area (Å²) in [4.78, 5) is 47.7. The summed E-state index contributed by atoms with van der Waals surface area (Å²) in [5, 5.41) is 10.2. The molecule has 1 atom stereocenters. The van der Waals surface area contributed by atoms with Gasteiger partial charge in [-0.2, -0.15) is 5.10 Å². The van der Waals surface area contributed by atoms with Crippen LogP contribution in [0.3, 0.4) is 0 Å². The Kier molecular flexibility index (Phi) is 6.99. The van der Waals surface area contributed by atoms with Crippen LogP contribution in [-0.2, 0) is 4.79 Å². The quantitative estimate of drug-likeness (QED) is 0.293. The minimum absolute atomic E-state index is 0.0391. The molecule has 0 fully saturated rings. The summed E-state index contributed by atoms with van der Waals surface area (Å²) in [5.41, 5.74) is 8.44. The van der Waals surface area contributed by atoms with Gasteiger partial charge in [0.25, 0.3) is 11.5 Å². The Morgan fingerprint density at radius 1 is 1.05 bits per heavy atom. The number of fused-ring (bicyclic) bond motifs is 2. The number of hydrogen-bond acceptors (Lipinski definition) is 7. The number of hydrogen-bond donors (Lipinski definition) is 3. The maximum atomic E-state index is 14.0. The van der Waals surface area contributed by atoms with Crippen molar-refractivity contribution in [3.63, 3.8) is 0 Å². The van der Waals surface area contributed by atoms with E-state index in [4.69, 9.17) is 10.7 Å². The number of nitrogens with one attached hydrogen (secondary N) is 2. The molecule has 40 heavy (non-hydrogen) atoms. The molecular weight excluding hydrogens is 508 g/mol. The first-order valence-corrected chi connectivity index (χ1v) is 12.5. The van der Waals surface area contributed by atoms with Crippen LogP contribution in [0.25, 0.3) is 22.2 Å². The van der Waals surface area contributed by atoms with Crippen LogP contribution in [0.2, 0.25) is 0 Å². The van der Waals surface area contributed by atoms with Gasteiger partial charge in [-0.1, -0.05) is 36.1 Å². The molecular formula is C29H26N8O3. The van der Waals surface area contributed by atoms with Crippen LogP contribution in [0.5, 0.6) is 0 Å². The highest BCUT2D eigenvalue weighted by Gasteiger charge is 2.24. The standard InChI is InChI=1S/C29H26N8O3/c1-17-14-15-23-34-26(30)25(37(23)35-17)28(39)32-18(2)27-33-22-13-7-9-20(10-8-16-31-19(3)38)24(22)29(40)36(27)21-11-5-4-6-12-21/h4-7,9,11-15,18H,16,30H2,1-3H3,(H,31,38)(H,32,39)/t18-/m1/s1. The smallest absolute Gasteiger partial charge is 0.274 e. The van der Waals surface area contributed by atoms with E-state index in [-0.39, 0.29) is 29.5 Å². The Balaban J connectivity index is 1.61. The van der Waals surface area contributed by atoms with Gasteiger partial charge < -0.3 is 16.4 Å². The first-order valence-electron chi connectivity index (χ1n) is 12.5. The maximum Gasteiger partial charge on any atom is 0.274 e. The lowest BCUT2D eigenvalue weighted by Crippen LogP contribution is -2.34. The molecule has 0 saturated carbocycles. The average molecular weight is 535 g/mol. The molecule has 0 bridgehead atoms. The van der Waals surface area contributed by atoms with Crippen molar-refractivity contribution in [1.82, 2.24) is 34.8 Å². The summed E-state index contributed by atoms with van der Waals surface area (Å²) in [7, 11) is 0. The number of benzene rings is 2. The van der Waals surface area contributed by atoms with Gasteiger partial charge in [0.2, 0.25) is 5.91 Å². The largest absolute Gasteiger partial charge is 0.382 e. The third-order valence-electron chi connectivity index (χ3n) is 6.17. The fraction of sp³-hybridized carbons (Fsp3) is 0.172. The summed E-state index contributed by atoms with van der Waals surface area (Å²) < 4.78 is 2.86. The minimum atomic E-state index is -0.714. The van der Waals surface area contributed by atoms with Gasteiger partial charge in [0.1, 0.15) is 5.82 Å². The van der Waals surface area contributed by atoms with Gasteiger partial charge in [-0.25, -0.2) is 14.5 Å². The zero-order valence-electron chi connectivity index (χ0n) is 22.1. The molecule has 0 spiro atoms. The van der Waals surface area contributed by atoms with Gasteiger partial charge in [0.15, 0.2) is 17.2 Å². The number of nitrogens with zero attached hydrogens (tertiary/aromatic N) is 5. The van der Waals surface area contributed by atoms with Crippen molar-refractivity contribution in [3.05, 3.63) is 93.8 Å². The van der Waals surface area contributed by atoms with E-state index in [1.165, 1.54) is 16.0 Å². The number of amides is 2. The SMILES string of the molecule is CC(=O)NCC#Cc1cccc2nc([C@@H](C)NC(=O)c3c(N)nc4ccc(C)nn34)n(-c3ccccc3)c(=O)c12. The zero-order valence-corrected chi connectivity index (χ0v) is 22.1. The Bertz CT molecular complexity index is 1900. The van der Waals surface area contributed by atoms with Crippen LogP contribution in [0.1, 0.15) is 47.5 Å². The highest BCUT2D eigenvalue weighted by atomic mass is 16.2. The van der Waals surface area contributed by atoms with Crippen LogP contribution in [-0.4, -0.2) is 42.5 Å². The van der Waals surface area contributed by atoms with Crippen LogP contribution in [0.4, 0.5) is 5.82 Å². The third kappa shape index (κ3) is 4.98. The Morgan fingerprint density at radius 2 is 1.82 bits per heavy atom. The molecule has 11 nitrogen and oxygen atoms in total. The normalized spacial score (nSPS) is 11.6. The van der Waals surface area contributed by atoms with E-state index in [2.05, 4.69) is 32.6 Å². The van der Waals surface area contributed by atoms with E-state index < -0.39 is 11.9 Å². The number of para-hydroxylation sites is 1. The lowest BCUT2D eigenvalue weighted by molar-refractivity contribution is -0.118. The number of carbonyl (C=O) groups is 2. The number of nitrogens with two attached hydrogens (primary N) is 1. The number of aromatic nitrogens is 5. The average Bonchev–Trinajstić information content (AvgIpc) is 3.26. The molecule has 5 aromatic rings. The molecule has 2 amide bonds. The first-order chi connectivity index (χ1) is 19.2. The fourth-order valence-corrected chi connectivity index (χ4v) is 4.36. The fourth-order valence-electron chi connectivity index (χ4n) is 4.36. The summed E-state index contributed by atoms with van der Waals surface area (Å²) >= 11 is 0. The minimum Gasteiger partial charge on any atom is -0.382 e. The van der Waals surface area contributed by atoms with Crippen molar-refractivity contribution in [3.8, 4) is 17.5 Å². The maximum absolute atomic E-state index is 14.0.